The van der Waals surface area contributed by atoms with Crippen LogP contribution in [0.15, 0.2) is 68.8 Å². The average molecular weight is 630 g/mol. The van der Waals surface area contributed by atoms with E-state index in [0.29, 0.717) is 34.2 Å². The number of H-pyrrole nitrogens is 1. The van der Waals surface area contributed by atoms with Gasteiger partial charge < -0.3 is 9.84 Å². The molecule has 1 atom stereocenters. The molecule has 1 saturated carbocycles. The zero-order valence-electron chi connectivity index (χ0n) is 26.6. The molecule has 0 radical (unpaired) electrons. The number of hydrogen-bond acceptors (Lipinski definition) is 7. The molecule has 5 aromatic rings. The third kappa shape index (κ3) is 6.21. The van der Waals surface area contributed by atoms with E-state index in [1.54, 1.807) is 38.2 Å². The highest BCUT2D eigenvalue weighted by molar-refractivity contribution is 5.80. The Labute approximate surface area is 265 Å². The molecule has 46 heavy (non-hydrogen) atoms. The lowest BCUT2D eigenvalue weighted by molar-refractivity contribution is -0.118. The summed E-state index contributed by atoms with van der Waals surface area (Å²) in [6.45, 7) is 7.43. The first-order valence-corrected chi connectivity index (χ1v) is 16.0. The standard InChI is InChI=1S/C35H40FN5O5/c1-5-8-30-28(19-23-12-11-22(20-29(23)36)26-9-6-7-10-27(26)32-38-34(43)46-39-32)33(42)40(31-17-18-37-41(30)31)24-13-15-25(16-14-24)45-21(2)35(3,4)44/h6-7,9-12,17-18,20-21,24-25,44H,5,8,13-16,19H2,1-4H3,(H,38,39,43). The molecule has 3 aromatic heterocycles. The molecule has 1 aliphatic carbocycles. The van der Waals surface area contributed by atoms with E-state index in [2.05, 4.69) is 26.7 Å². The molecule has 1 fully saturated rings. The van der Waals surface area contributed by atoms with Gasteiger partial charge in [0, 0.05) is 29.7 Å². The first-order valence-electron chi connectivity index (χ1n) is 16.0. The van der Waals surface area contributed by atoms with Gasteiger partial charge in [0.15, 0.2) is 5.82 Å². The fraction of sp³-hybridized carbons (Fsp3) is 0.429. The Hall–Kier alpha value is -4.35. The van der Waals surface area contributed by atoms with Crippen molar-refractivity contribution in [1.82, 2.24) is 24.3 Å². The van der Waals surface area contributed by atoms with E-state index < -0.39 is 17.2 Å². The lowest BCUT2D eigenvalue weighted by Crippen LogP contribution is -2.40. The van der Waals surface area contributed by atoms with E-state index in [4.69, 9.17) is 4.74 Å². The predicted octanol–water partition coefficient (Wildman–Crippen LogP) is 5.85. The van der Waals surface area contributed by atoms with Crippen molar-refractivity contribution in [3.63, 3.8) is 0 Å². The van der Waals surface area contributed by atoms with Crippen molar-refractivity contribution in [2.45, 2.75) is 96.5 Å². The Morgan fingerprint density at radius 3 is 2.50 bits per heavy atom. The van der Waals surface area contributed by atoms with Gasteiger partial charge in [-0.3, -0.25) is 18.9 Å². The largest absolute Gasteiger partial charge is 0.439 e. The number of aliphatic hydroxyl groups is 1. The number of fused-ring (bicyclic) bond motifs is 1. The monoisotopic (exact) mass is 629 g/mol. The highest BCUT2D eigenvalue weighted by Crippen LogP contribution is 2.34. The summed E-state index contributed by atoms with van der Waals surface area (Å²) in [4.78, 5) is 28.5. The van der Waals surface area contributed by atoms with Gasteiger partial charge in [0.2, 0.25) is 0 Å². The molecular formula is C35H40FN5O5. The summed E-state index contributed by atoms with van der Waals surface area (Å²) in [7, 11) is 0. The zero-order chi connectivity index (χ0) is 32.6. The van der Waals surface area contributed by atoms with E-state index in [1.165, 1.54) is 6.07 Å². The first-order chi connectivity index (χ1) is 22.0. The van der Waals surface area contributed by atoms with Crippen LogP contribution in [0.5, 0.6) is 0 Å². The second-order valence-corrected chi connectivity index (χ2v) is 12.8. The molecule has 10 nitrogen and oxygen atoms in total. The molecule has 0 spiro atoms. The Balaban J connectivity index is 1.33. The fourth-order valence-corrected chi connectivity index (χ4v) is 6.44. The van der Waals surface area contributed by atoms with Crippen LogP contribution in [-0.4, -0.2) is 47.2 Å². The molecule has 0 amide bonds. The highest BCUT2D eigenvalue weighted by atomic mass is 19.1. The molecule has 1 aliphatic rings. The van der Waals surface area contributed by atoms with E-state index >= 15 is 4.39 Å². The molecule has 3 heterocycles. The molecule has 1 unspecified atom stereocenters. The summed E-state index contributed by atoms with van der Waals surface area (Å²) in [6, 6.07) is 14.0. The Bertz CT molecular complexity index is 1960. The minimum absolute atomic E-state index is 0.00965. The molecule has 242 valence electrons. The Morgan fingerprint density at radius 1 is 1.11 bits per heavy atom. The van der Waals surface area contributed by atoms with Gasteiger partial charge in [-0.05, 0) is 75.6 Å². The number of aryl methyl sites for hydroxylation is 1. The minimum Gasteiger partial charge on any atom is -0.388 e. The molecule has 2 aromatic carbocycles. The highest BCUT2D eigenvalue weighted by Gasteiger charge is 2.31. The van der Waals surface area contributed by atoms with E-state index in [1.807, 2.05) is 40.3 Å². The molecule has 0 saturated heterocycles. The topological polar surface area (TPSA) is 128 Å². The Morgan fingerprint density at radius 2 is 1.85 bits per heavy atom. The quantitative estimate of drug-likeness (QED) is 0.198. The lowest BCUT2D eigenvalue weighted by atomic mass is 9.91. The maximum absolute atomic E-state index is 15.9. The maximum atomic E-state index is 15.9. The van der Waals surface area contributed by atoms with Crippen molar-refractivity contribution in [2.75, 3.05) is 0 Å². The summed E-state index contributed by atoms with van der Waals surface area (Å²) < 4.78 is 30.4. The Kier molecular flexibility index (Phi) is 8.80. The normalized spacial score (nSPS) is 17.9. The van der Waals surface area contributed by atoms with E-state index in [0.717, 1.165) is 43.4 Å². The van der Waals surface area contributed by atoms with Crippen molar-refractivity contribution in [3.05, 3.63) is 98.3 Å². The number of hydrogen-bond donors (Lipinski definition) is 2. The molecule has 6 rings (SSSR count). The SMILES string of the molecule is CCCc1c(Cc2ccc(-c3ccccc3-c3noc(=O)[nH]3)cc2F)c(=O)n(C2CCC(OC(C)C(C)(C)O)CC2)c2ccnn12. The number of halogens is 1. The number of aromatic amines is 1. The summed E-state index contributed by atoms with van der Waals surface area (Å²) in [5.41, 5.74) is 3.32. The smallest absolute Gasteiger partial charge is 0.388 e. The fourth-order valence-electron chi connectivity index (χ4n) is 6.44. The van der Waals surface area contributed by atoms with E-state index in [9.17, 15) is 14.7 Å². The van der Waals surface area contributed by atoms with Crippen molar-refractivity contribution < 1.29 is 18.8 Å². The summed E-state index contributed by atoms with van der Waals surface area (Å²) >= 11 is 0. The number of benzene rings is 2. The van der Waals surface area contributed by atoms with Crippen LogP contribution in [0.2, 0.25) is 0 Å². The van der Waals surface area contributed by atoms with Crippen molar-refractivity contribution >= 4 is 5.65 Å². The van der Waals surface area contributed by atoms with Gasteiger partial charge in [0.1, 0.15) is 11.5 Å². The molecular weight excluding hydrogens is 589 g/mol. The van der Waals surface area contributed by atoms with Crippen LogP contribution in [0.25, 0.3) is 28.2 Å². The molecule has 2 N–H and O–H groups in total. The third-order valence-electron chi connectivity index (χ3n) is 9.19. The summed E-state index contributed by atoms with van der Waals surface area (Å²) in [6.07, 6.45) is 5.99. The van der Waals surface area contributed by atoms with E-state index in [-0.39, 0.29) is 36.1 Å². The van der Waals surface area contributed by atoms with Crippen LogP contribution >= 0.6 is 0 Å². The second kappa shape index (κ2) is 12.8. The van der Waals surface area contributed by atoms with Crippen LogP contribution in [0.4, 0.5) is 4.39 Å². The van der Waals surface area contributed by atoms with Crippen LogP contribution in [0.1, 0.15) is 82.7 Å². The van der Waals surface area contributed by atoms with Gasteiger partial charge in [-0.15, -0.1) is 0 Å². The van der Waals surface area contributed by atoms with Gasteiger partial charge >= 0.3 is 5.76 Å². The van der Waals surface area contributed by atoms with Gasteiger partial charge in [0.25, 0.3) is 5.56 Å². The number of aromatic nitrogens is 5. The molecule has 0 aliphatic heterocycles. The first kappa shape index (κ1) is 31.6. The van der Waals surface area contributed by atoms with Crippen LogP contribution in [-0.2, 0) is 17.6 Å². The number of ether oxygens (including phenoxy) is 1. The summed E-state index contributed by atoms with van der Waals surface area (Å²) in [5, 5.41) is 18.7. The number of rotatable bonds is 10. The number of nitrogens with one attached hydrogen (secondary N) is 1. The van der Waals surface area contributed by atoms with Gasteiger partial charge in [-0.25, -0.2) is 13.7 Å². The van der Waals surface area contributed by atoms with Crippen LogP contribution in [0, 0.1) is 5.82 Å². The van der Waals surface area contributed by atoms with Gasteiger partial charge in [-0.2, -0.15) is 5.10 Å². The van der Waals surface area contributed by atoms with Crippen LogP contribution < -0.4 is 11.3 Å². The maximum Gasteiger partial charge on any atom is 0.439 e. The van der Waals surface area contributed by atoms with Crippen molar-refractivity contribution in [2.24, 2.45) is 0 Å². The van der Waals surface area contributed by atoms with Crippen molar-refractivity contribution in [1.29, 1.82) is 0 Å². The van der Waals surface area contributed by atoms with Gasteiger partial charge in [0.05, 0.1) is 29.7 Å². The molecule has 11 heteroatoms. The predicted molar refractivity (Wildman–Crippen MR) is 172 cm³/mol. The van der Waals surface area contributed by atoms with Crippen LogP contribution in [0.3, 0.4) is 0 Å². The lowest BCUT2D eigenvalue weighted by Gasteiger charge is -2.35. The number of nitrogens with zero attached hydrogens (tertiary/aromatic N) is 4. The average Bonchev–Trinajstić information content (AvgIpc) is 3.69. The third-order valence-corrected chi connectivity index (χ3v) is 9.19. The summed E-state index contributed by atoms with van der Waals surface area (Å²) in [5.74, 6) is -0.848. The van der Waals surface area contributed by atoms with Gasteiger partial charge in [-0.1, -0.05) is 54.9 Å². The molecule has 0 bridgehead atoms. The van der Waals surface area contributed by atoms with Crippen molar-refractivity contribution in [3.8, 4) is 22.5 Å². The zero-order valence-corrected chi connectivity index (χ0v) is 26.6. The second-order valence-electron chi connectivity index (χ2n) is 12.8. The minimum atomic E-state index is -0.935.